The third kappa shape index (κ3) is 3.93. The first-order valence-electron chi connectivity index (χ1n) is 5.25. The fourth-order valence-corrected chi connectivity index (χ4v) is 2.49. The highest BCUT2D eigenvalue weighted by Crippen LogP contribution is 2.29. The van der Waals surface area contributed by atoms with Crippen molar-refractivity contribution in [1.82, 2.24) is 0 Å². The van der Waals surface area contributed by atoms with Crippen molar-refractivity contribution in [2.75, 3.05) is 19.2 Å². The van der Waals surface area contributed by atoms with E-state index in [1.54, 1.807) is 0 Å². The van der Waals surface area contributed by atoms with Gasteiger partial charge in [0, 0.05) is 10.5 Å². The second-order valence-electron chi connectivity index (χ2n) is 4.33. The van der Waals surface area contributed by atoms with E-state index in [1.165, 1.54) is 11.8 Å². The normalized spacial score (nSPS) is 24.1. The van der Waals surface area contributed by atoms with Crippen LogP contribution >= 0.6 is 11.8 Å². The summed E-state index contributed by atoms with van der Waals surface area (Å²) in [6, 6.07) is -0.864. The third-order valence-electron chi connectivity index (χ3n) is 2.63. The first-order valence-corrected chi connectivity index (χ1v) is 6.24. The number of aliphatic carboxylic acids is 1. The molecule has 1 aliphatic rings. The summed E-state index contributed by atoms with van der Waals surface area (Å²) in [6.07, 6.45) is 0.991. The third-order valence-corrected chi connectivity index (χ3v) is 4.16. The molecule has 6 heteroatoms. The smallest absolute Gasteiger partial charge is 0.321 e. The first-order chi connectivity index (χ1) is 7.43. The Morgan fingerprint density at radius 2 is 2.38 bits per heavy atom. The van der Waals surface area contributed by atoms with E-state index in [2.05, 4.69) is 0 Å². The molecular formula is C10H19NO4S. The van der Waals surface area contributed by atoms with E-state index in [1.807, 2.05) is 13.8 Å². The number of carboxylic acids is 1. The minimum absolute atomic E-state index is 0.138. The molecule has 1 rings (SSSR count). The Bertz CT molecular complexity index is 241. The maximum absolute atomic E-state index is 10.8. The lowest BCUT2D eigenvalue weighted by molar-refractivity contribution is -0.139. The van der Waals surface area contributed by atoms with Gasteiger partial charge in [-0.15, -0.1) is 0 Å². The highest BCUT2D eigenvalue weighted by molar-refractivity contribution is 8.00. The predicted molar refractivity (Wildman–Crippen MR) is 62.5 cm³/mol. The molecule has 1 heterocycles. The van der Waals surface area contributed by atoms with Gasteiger partial charge in [-0.2, -0.15) is 11.8 Å². The molecule has 0 aromatic rings. The monoisotopic (exact) mass is 249 g/mol. The lowest BCUT2D eigenvalue weighted by atomic mass is 10.1. The summed E-state index contributed by atoms with van der Waals surface area (Å²) in [4.78, 5) is 10.8. The van der Waals surface area contributed by atoms with Gasteiger partial charge in [0.25, 0.3) is 0 Å². The van der Waals surface area contributed by atoms with Crippen molar-refractivity contribution in [2.45, 2.75) is 37.2 Å². The molecule has 1 saturated heterocycles. The molecule has 94 valence electrons. The number of rotatable bonds is 5. The Balaban J connectivity index is 2.37. The first kappa shape index (κ1) is 13.8. The van der Waals surface area contributed by atoms with E-state index in [-0.39, 0.29) is 6.10 Å². The average Bonchev–Trinajstić information content (AvgIpc) is 2.27. The van der Waals surface area contributed by atoms with Gasteiger partial charge in [0.2, 0.25) is 0 Å². The zero-order valence-electron chi connectivity index (χ0n) is 9.64. The highest BCUT2D eigenvalue weighted by atomic mass is 32.2. The summed E-state index contributed by atoms with van der Waals surface area (Å²) in [5.41, 5.74) is 5.62. The number of carboxylic acid groups (broad SMARTS) is 1. The van der Waals surface area contributed by atoms with Gasteiger partial charge in [-0.05, 0) is 20.3 Å². The van der Waals surface area contributed by atoms with Crippen molar-refractivity contribution in [3.05, 3.63) is 0 Å². The number of ether oxygens (including phenoxy) is 2. The van der Waals surface area contributed by atoms with Crippen LogP contribution in [0.5, 0.6) is 0 Å². The van der Waals surface area contributed by atoms with Crippen LogP contribution in [0.4, 0.5) is 0 Å². The molecule has 2 atom stereocenters. The van der Waals surface area contributed by atoms with Gasteiger partial charge in [-0.1, -0.05) is 0 Å². The van der Waals surface area contributed by atoms with Gasteiger partial charge < -0.3 is 20.3 Å². The van der Waals surface area contributed by atoms with Gasteiger partial charge in [0.15, 0.2) is 0 Å². The predicted octanol–water partition coefficient (Wildman–Crippen LogP) is 0.673. The quantitative estimate of drug-likeness (QED) is 0.745. The van der Waals surface area contributed by atoms with Crippen molar-refractivity contribution in [1.29, 1.82) is 0 Å². The van der Waals surface area contributed by atoms with Crippen molar-refractivity contribution >= 4 is 17.7 Å². The van der Waals surface area contributed by atoms with Crippen LogP contribution in [0.2, 0.25) is 0 Å². The topological polar surface area (TPSA) is 81.8 Å². The zero-order valence-corrected chi connectivity index (χ0v) is 10.5. The number of thioether (sulfide) groups is 1. The van der Waals surface area contributed by atoms with Crippen molar-refractivity contribution in [3.63, 3.8) is 0 Å². The molecule has 0 radical (unpaired) electrons. The number of carbonyl (C=O) groups is 1. The standard InChI is InChI=1S/C10H19NO4S/c1-10(2,8(11)9(12)13)16-5-7-3-4-14-6-15-7/h7-8H,3-6,11H2,1-2H3,(H,12,13)/t7?,8-/m0/s1. The van der Waals surface area contributed by atoms with Gasteiger partial charge in [-0.3, -0.25) is 4.79 Å². The second kappa shape index (κ2) is 5.86. The summed E-state index contributed by atoms with van der Waals surface area (Å²) in [5.74, 6) is -0.220. The van der Waals surface area contributed by atoms with Crippen LogP contribution in [0.25, 0.3) is 0 Å². The van der Waals surface area contributed by atoms with Crippen molar-refractivity contribution < 1.29 is 19.4 Å². The summed E-state index contributed by atoms with van der Waals surface area (Å²) in [7, 11) is 0. The molecule has 0 aliphatic carbocycles. The Hall–Kier alpha value is -0.300. The van der Waals surface area contributed by atoms with Crippen LogP contribution in [-0.2, 0) is 14.3 Å². The second-order valence-corrected chi connectivity index (χ2v) is 6.01. The number of hydrogen-bond donors (Lipinski definition) is 2. The number of hydrogen-bond acceptors (Lipinski definition) is 5. The molecule has 1 aliphatic heterocycles. The Morgan fingerprint density at radius 3 is 2.88 bits per heavy atom. The molecule has 0 saturated carbocycles. The molecule has 0 amide bonds. The molecule has 0 bridgehead atoms. The molecule has 0 spiro atoms. The van der Waals surface area contributed by atoms with Crippen LogP contribution < -0.4 is 5.73 Å². The number of nitrogens with two attached hydrogens (primary N) is 1. The molecule has 0 aromatic heterocycles. The molecule has 1 fully saturated rings. The molecule has 0 aromatic carbocycles. The summed E-state index contributed by atoms with van der Waals surface area (Å²) < 4.78 is 9.96. The Morgan fingerprint density at radius 1 is 1.69 bits per heavy atom. The van der Waals surface area contributed by atoms with Crippen LogP contribution in [0.15, 0.2) is 0 Å². The van der Waals surface area contributed by atoms with E-state index < -0.39 is 16.8 Å². The molecule has 1 unspecified atom stereocenters. The van der Waals surface area contributed by atoms with Gasteiger partial charge in [-0.25, -0.2) is 0 Å². The summed E-state index contributed by atoms with van der Waals surface area (Å²) in [5, 5.41) is 8.87. The lowest BCUT2D eigenvalue weighted by Gasteiger charge is -2.31. The van der Waals surface area contributed by atoms with Gasteiger partial charge in [0.05, 0.1) is 12.7 Å². The van der Waals surface area contributed by atoms with Crippen molar-refractivity contribution in [2.24, 2.45) is 5.73 Å². The maximum Gasteiger partial charge on any atom is 0.321 e. The van der Waals surface area contributed by atoms with Crippen LogP contribution in [0.3, 0.4) is 0 Å². The molecular weight excluding hydrogens is 230 g/mol. The minimum atomic E-state index is -0.967. The fourth-order valence-electron chi connectivity index (χ4n) is 1.33. The SMILES string of the molecule is CC(C)(SCC1CCOCO1)[C@@H](N)C(=O)O. The van der Waals surface area contributed by atoms with Crippen LogP contribution in [0.1, 0.15) is 20.3 Å². The van der Waals surface area contributed by atoms with E-state index >= 15 is 0 Å². The van der Waals surface area contributed by atoms with E-state index in [4.69, 9.17) is 20.3 Å². The summed E-state index contributed by atoms with van der Waals surface area (Å²) in [6.45, 7) is 4.72. The average molecular weight is 249 g/mol. The lowest BCUT2D eigenvalue weighted by Crippen LogP contribution is -2.47. The Labute approximate surface area is 99.7 Å². The van der Waals surface area contributed by atoms with Gasteiger partial charge >= 0.3 is 5.97 Å². The van der Waals surface area contributed by atoms with E-state index in [0.29, 0.717) is 13.4 Å². The van der Waals surface area contributed by atoms with E-state index in [0.717, 1.165) is 12.2 Å². The van der Waals surface area contributed by atoms with Crippen molar-refractivity contribution in [3.8, 4) is 0 Å². The minimum Gasteiger partial charge on any atom is -0.480 e. The zero-order chi connectivity index (χ0) is 12.2. The Kier molecular flexibility index (Phi) is 5.04. The molecule has 5 nitrogen and oxygen atoms in total. The summed E-state index contributed by atoms with van der Waals surface area (Å²) >= 11 is 1.54. The largest absolute Gasteiger partial charge is 0.480 e. The maximum atomic E-state index is 10.8. The highest BCUT2D eigenvalue weighted by Gasteiger charge is 2.33. The van der Waals surface area contributed by atoms with Crippen LogP contribution in [0, 0.1) is 0 Å². The molecule has 16 heavy (non-hydrogen) atoms. The van der Waals surface area contributed by atoms with E-state index in [9.17, 15) is 4.79 Å². The molecule has 3 N–H and O–H groups in total. The van der Waals surface area contributed by atoms with Gasteiger partial charge in [0.1, 0.15) is 12.8 Å². The fraction of sp³-hybridized carbons (Fsp3) is 0.900. The van der Waals surface area contributed by atoms with Crippen LogP contribution in [-0.4, -0.2) is 47.1 Å².